The first-order valence-corrected chi connectivity index (χ1v) is 5.82. The van der Waals surface area contributed by atoms with Crippen molar-refractivity contribution in [3.05, 3.63) is 53.9 Å². The van der Waals surface area contributed by atoms with Gasteiger partial charge in [-0.15, -0.1) is 0 Å². The molecule has 1 aromatic heterocycles. The zero-order valence-electron chi connectivity index (χ0n) is 9.17. The third kappa shape index (κ3) is 2.55. The maximum Gasteiger partial charge on any atom is 0.0648 e. The minimum absolute atomic E-state index is 0.746. The molecule has 2 aromatic rings. The van der Waals surface area contributed by atoms with Crippen LogP contribution in [0.1, 0.15) is 11.1 Å². The van der Waals surface area contributed by atoms with Crippen LogP contribution in [0.25, 0.3) is 11.8 Å². The Morgan fingerprint density at radius 2 is 2.31 bits per heavy atom. The third-order valence-corrected chi connectivity index (χ3v) is 2.50. The smallest absolute Gasteiger partial charge is 0.0648 e. The molecule has 1 heterocycles. The number of hydrogen-bond acceptors (Lipinski definition) is 2. The Morgan fingerprint density at radius 1 is 1.44 bits per heavy atom. The Kier molecular flexibility index (Phi) is 3.47. The van der Waals surface area contributed by atoms with E-state index in [1.165, 1.54) is 5.56 Å². The lowest BCUT2D eigenvalue weighted by atomic mass is 10.2. The van der Waals surface area contributed by atoms with Gasteiger partial charge in [0, 0.05) is 17.5 Å². The van der Waals surface area contributed by atoms with E-state index >= 15 is 0 Å². The van der Waals surface area contributed by atoms with Crippen molar-refractivity contribution < 1.29 is 0 Å². The summed E-state index contributed by atoms with van der Waals surface area (Å²) in [6, 6.07) is 8.27. The van der Waals surface area contributed by atoms with Gasteiger partial charge in [0.15, 0.2) is 0 Å². The van der Waals surface area contributed by atoms with E-state index in [4.69, 9.17) is 0 Å². The van der Waals surface area contributed by atoms with E-state index < -0.39 is 0 Å². The molecule has 3 heteroatoms. The summed E-state index contributed by atoms with van der Waals surface area (Å²) in [6.45, 7) is 2.08. The molecule has 0 N–H and O–H groups in total. The molecular formula is C13H14N2S. The maximum absolute atomic E-state index is 4.32. The normalized spacial score (nSPS) is 11.1. The molecule has 0 amide bonds. The maximum atomic E-state index is 4.32. The van der Waals surface area contributed by atoms with Gasteiger partial charge in [-0.3, -0.25) is 0 Å². The third-order valence-electron chi connectivity index (χ3n) is 2.28. The molecule has 82 valence electrons. The van der Waals surface area contributed by atoms with Crippen LogP contribution in [0, 0.1) is 6.92 Å². The zero-order valence-corrected chi connectivity index (χ0v) is 10.1. The average molecular weight is 230 g/mol. The van der Waals surface area contributed by atoms with E-state index in [0.717, 1.165) is 17.0 Å². The highest BCUT2D eigenvalue weighted by Crippen LogP contribution is 2.11. The SMILES string of the molecule is Cc1cccc(-n2cc(C=CCS)cn2)c1. The Bertz CT molecular complexity index is 500. The van der Waals surface area contributed by atoms with Crippen LogP contribution in [0.3, 0.4) is 0 Å². The second-order valence-corrected chi connectivity index (χ2v) is 4.01. The van der Waals surface area contributed by atoms with Crippen LogP contribution >= 0.6 is 12.6 Å². The molecule has 0 saturated carbocycles. The van der Waals surface area contributed by atoms with Crippen LogP contribution in [-0.4, -0.2) is 15.5 Å². The molecule has 2 nitrogen and oxygen atoms in total. The lowest BCUT2D eigenvalue weighted by Gasteiger charge is -2.01. The van der Waals surface area contributed by atoms with Crippen LogP contribution in [0.4, 0.5) is 0 Å². The number of aromatic nitrogens is 2. The lowest BCUT2D eigenvalue weighted by Crippen LogP contribution is -1.93. The largest absolute Gasteiger partial charge is 0.240 e. The summed E-state index contributed by atoms with van der Waals surface area (Å²) in [5.74, 6) is 0.746. The van der Waals surface area contributed by atoms with E-state index in [-0.39, 0.29) is 0 Å². The van der Waals surface area contributed by atoms with E-state index in [9.17, 15) is 0 Å². The van der Waals surface area contributed by atoms with E-state index in [1.54, 1.807) is 0 Å². The summed E-state index contributed by atoms with van der Waals surface area (Å²) in [5, 5.41) is 4.32. The standard InChI is InChI=1S/C13H14N2S/c1-11-4-2-6-13(8-11)15-10-12(9-14-15)5-3-7-16/h2-6,8-10,16H,7H2,1H3. The van der Waals surface area contributed by atoms with Gasteiger partial charge in [0.2, 0.25) is 0 Å². The van der Waals surface area contributed by atoms with Gasteiger partial charge in [0.1, 0.15) is 0 Å². The fraction of sp³-hybridized carbons (Fsp3) is 0.154. The van der Waals surface area contributed by atoms with Crippen molar-refractivity contribution in [1.29, 1.82) is 0 Å². The quantitative estimate of drug-likeness (QED) is 0.802. The van der Waals surface area contributed by atoms with Crippen LogP contribution in [0.2, 0.25) is 0 Å². The predicted molar refractivity (Wildman–Crippen MR) is 71.2 cm³/mol. The molecule has 0 aliphatic heterocycles. The molecule has 2 rings (SSSR count). The van der Waals surface area contributed by atoms with Crippen molar-refractivity contribution in [3.63, 3.8) is 0 Å². The molecule has 1 aromatic carbocycles. The number of hydrogen-bond donors (Lipinski definition) is 1. The predicted octanol–water partition coefficient (Wildman–Crippen LogP) is 3.12. The number of thiol groups is 1. The van der Waals surface area contributed by atoms with Gasteiger partial charge in [-0.2, -0.15) is 17.7 Å². The molecule has 0 aliphatic carbocycles. The summed E-state index contributed by atoms with van der Waals surface area (Å²) in [6.07, 6.45) is 7.88. The molecular weight excluding hydrogens is 216 g/mol. The molecule has 0 aliphatic rings. The molecule has 0 bridgehead atoms. The van der Waals surface area contributed by atoms with Gasteiger partial charge in [-0.1, -0.05) is 24.3 Å². The second kappa shape index (κ2) is 5.03. The highest BCUT2D eigenvalue weighted by molar-refractivity contribution is 7.80. The van der Waals surface area contributed by atoms with Gasteiger partial charge in [0.05, 0.1) is 11.9 Å². The number of aryl methyl sites for hydroxylation is 1. The monoisotopic (exact) mass is 230 g/mol. The van der Waals surface area contributed by atoms with Crippen LogP contribution in [-0.2, 0) is 0 Å². The first-order valence-electron chi connectivity index (χ1n) is 5.19. The van der Waals surface area contributed by atoms with Crippen molar-refractivity contribution in [2.75, 3.05) is 5.75 Å². The minimum Gasteiger partial charge on any atom is -0.240 e. The average Bonchev–Trinajstić information content (AvgIpc) is 2.75. The van der Waals surface area contributed by atoms with Crippen LogP contribution in [0.5, 0.6) is 0 Å². The summed E-state index contributed by atoms with van der Waals surface area (Å²) in [5.41, 5.74) is 3.42. The summed E-state index contributed by atoms with van der Waals surface area (Å²) in [7, 11) is 0. The number of nitrogens with zero attached hydrogens (tertiary/aromatic N) is 2. The first kappa shape index (κ1) is 11.0. The fourth-order valence-electron chi connectivity index (χ4n) is 1.52. The van der Waals surface area contributed by atoms with Crippen LogP contribution < -0.4 is 0 Å². The number of benzene rings is 1. The Labute approximate surface area is 101 Å². The van der Waals surface area contributed by atoms with E-state index in [1.807, 2.05) is 41.4 Å². The molecule has 0 spiro atoms. The first-order chi connectivity index (χ1) is 7.79. The van der Waals surface area contributed by atoms with Crippen molar-refractivity contribution >= 4 is 18.7 Å². The highest BCUT2D eigenvalue weighted by atomic mass is 32.1. The molecule has 16 heavy (non-hydrogen) atoms. The van der Waals surface area contributed by atoms with Gasteiger partial charge >= 0.3 is 0 Å². The van der Waals surface area contributed by atoms with Gasteiger partial charge in [0.25, 0.3) is 0 Å². The van der Waals surface area contributed by atoms with Gasteiger partial charge in [-0.25, -0.2) is 4.68 Å². The Morgan fingerprint density at radius 3 is 3.06 bits per heavy atom. The van der Waals surface area contributed by atoms with Crippen molar-refractivity contribution in [2.45, 2.75) is 6.92 Å². The summed E-state index contributed by atoms with van der Waals surface area (Å²) < 4.78 is 1.88. The molecule has 0 atom stereocenters. The molecule has 0 saturated heterocycles. The lowest BCUT2D eigenvalue weighted by molar-refractivity contribution is 0.879. The van der Waals surface area contributed by atoms with E-state index in [0.29, 0.717) is 0 Å². The highest BCUT2D eigenvalue weighted by Gasteiger charge is 1.98. The molecule has 0 fully saturated rings. The second-order valence-electron chi connectivity index (χ2n) is 3.64. The van der Waals surface area contributed by atoms with Crippen molar-refractivity contribution in [2.24, 2.45) is 0 Å². The number of rotatable bonds is 3. The summed E-state index contributed by atoms with van der Waals surface area (Å²) >= 11 is 4.13. The van der Waals surface area contributed by atoms with Crippen LogP contribution in [0.15, 0.2) is 42.7 Å². The zero-order chi connectivity index (χ0) is 11.4. The molecule has 0 radical (unpaired) electrons. The molecule has 0 unspecified atom stereocenters. The van der Waals surface area contributed by atoms with Gasteiger partial charge < -0.3 is 0 Å². The van der Waals surface area contributed by atoms with Crippen molar-refractivity contribution in [3.8, 4) is 5.69 Å². The summed E-state index contributed by atoms with van der Waals surface area (Å²) in [4.78, 5) is 0. The Hall–Kier alpha value is -1.48. The Balaban J connectivity index is 2.28. The van der Waals surface area contributed by atoms with Crippen molar-refractivity contribution in [1.82, 2.24) is 9.78 Å². The fourth-order valence-corrected chi connectivity index (χ4v) is 1.63. The topological polar surface area (TPSA) is 17.8 Å². The minimum atomic E-state index is 0.746. The van der Waals surface area contributed by atoms with Gasteiger partial charge in [-0.05, 0) is 24.6 Å². The van der Waals surface area contributed by atoms with E-state index in [2.05, 4.69) is 36.8 Å².